The number of halogens is 3. The highest BCUT2D eigenvalue weighted by Crippen LogP contribution is 2.09. The first-order valence-electron chi connectivity index (χ1n) is 11.0. The zero-order valence-electron chi connectivity index (χ0n) is 22.0. The van der Waals surface area contributed by atoms with Crippen molar-refractivity contribution in [3.8, 4) is 5.75 Å². The topological polar surface area (TPSA) is 146 Å². The summed E-state index contributed by atoms with van der Waals surface area (Å²) in [5.41, 5.74) is 15.0. The van der Waals surface area contributed by atoms with Crippen LogP contribution in [0.1, 0.15) is 24.0 Å². The Morgan fingerprint density at radius 1 is 0.718 bits per heavy atom. The molecule has 0 bridgehead atoms. The smallest absolute Gasteiger partial charge is 0.409 e. The molecule has 0 radical (unpaired) electrons. The van der Waals surface area contributed by atoms with Crippen molar-refractivity contribution in [3.63, 3.8) is 0 Å². The number of nitrogen functional groups attached to an aromatic ring is 2. The van der Waals surface area contributed by atoms with E-state index in [1.807, 2.05) is 63.2 Å². The maximum Gasteiger partial charge on any atom is 0.409 e. The lowest BCUT2D eigenvalue weighted by Gasteiger charge is -1.99. The summed E-state index contributed by atoms with van der Waals surface area (Å²) in [6, 6.07) is 19.8. The third-order valence-electron chi connectivity index (χ3n) is 4.04. The number of nitrogens with zero attached hydrogens (tertiary/aromatic N) is 3. The molecule has 4 aromatic rings. The number of carbonyl (C=O) groups excluding carboxylic acids is 2. The Labute approximate surface area is 246 Å². The van der Waals surface area contributed by atoms with Gasteiger partial charge in [-0.25, -0.2) is 4.79 Å². The van der Waals surface area contributed by atoms with Crippen LogP contribution in [-0.2, 0) is 4.79 Å². The Morgan fingerprint density at radius 3 is 1.46 bits per heavy atom. The molecule has 4 rings (SSSR count). The number of pyridine rings is 3. The summed E-state index contributed by atoms with van der Waals surface area (Å²) in [5.74, 6) is 0.387. The van der Waals surface area contributed by atoms with Gasteiger partial charge >= 0.3 is 5.43 Å². The van der Waals surface area contributed by atoms with Crippen LogP contribution in [0.4, 0.5) is 21.9 Å². The number of rotatable bonds is 2. The SMILES string of the molecule is CC(=O)Nc1ccc(C)nc1.Cc1ccc(N)cn1.Cc1ccc(N)cn1.Cl.Cl.O=C(Cl)Oc1ccccc1. The third-order valence-corrected chi connectivity index (χ3v) is 4.12. The summed E-state index contributed by atoms with van der Waals surface area (Å²) in [6.45, 7) is 7.23. The molecule has 0 aliphatic carbocycles. The number of carbonyl (C=O) groups is 2. The van der Waals surface area contributed by atoms with Crippen LogP contribution in [0.3, 0.4) is 0 Å². The van der Waals surface area contributed by atoms with Crippen molar-refractivity contribution in [1.29, 1.82) is 0 Å². The van der Waals surface area contributed by atoms with E-state index in [0.29, 0.717) is 5.75 Å². The fourth-order valence-electron chi connectivity index (χ4n) is 2.28. The van der Waals surface area contributed by atoms with Crippen LogP contribution in [0, 0.1) is 20.8 Å². The molecule has 0 atom stereocenters. The van der Waals surface area contributed by atoms with Gasteiger partial charge in [0.2, 0.25) is 5.91 Å². The molecule has 0 spiro atoms. The maximum atomic E-state index is 10.6. The number of para-hydroxylation sites is 1. The number of benzene rings is 1. The molecular formula is C27H33Cl3N6O3. The van der Waals surface area contributed by atoms with Gasteiger partial charge in [0.25, 0.3) is 0 Å². The first-order valence-corrected chi connectivity index (χ1v) is 11.4. The molecule has 0 saturated carbocycles. The lowest BCUT2D eigenvalue weighted by atomic mass is 10.3. The number of amides is 1. The summed E-state index contributed by atoms with van der Waals surface area (Å²) >= 11 is 4.95. The summed E-state index contributed by atoms with van der Waals surface area (Å²) in [5, 5.41) is 2.63. The molecule has 0 unspecified atom stereocenters. The molecule has 3 heterocycles. The van der Waals surface area contributed by atoms with Gasteiger partial charge in [-0.05, 0) is 69.3 Å². The zero-order valence-corrected chi connectivity index (χ0v) is 24.4. The minimum Gasteiger partial charge on any atom is -0.415 e. The average molecular weight is 596 g/mol. The van der Waals surface area contributed by atoms with Gasteiger partial charge < -0.3 is 21.5 Å². The number of anilines is 3. The highest BCUT2D eigenvalue weighted by molar-refractivity contribution is 6.61. The van der Waals surface area contributed by atoms with Gasteiger partial charge in [-0.3, -0.25) is 19.7 Å². The van der Waals surface area contributed by atoms with E-state index >= 15 is 0 Å². The second-order valence-electron chi connectivity index (χ2n) is 7.49. The first-order chi connectivity index (χ1) is 17.5. The predicted octanol–water partition coefficient (Wildman–Crippen LogP) is 6.56. The molecule has 5 N–H and O–H groups in total. The van der Waals surface area contributed by atoms with Crippen LogP contribution in [0.15, 0.2) is 85.3 Å². The maximum absolute atomic E-state index is 10.6. The number of hydrogen-bond donors (Lipinski definition) is 3. The van der Waals surface area contributed by atoms with Crippen LogP contribution in [-0.4, -0.2) is 26.3 Å². The molecule has 9 nitrogen and oxygen atoms in total. The minimum absolute atomic E-state index is 0. The predicted molar refractivity (Wildman–Crippen MR) is 163 cm³/mol. The normalized spacial score (nSPS) is 8.64. The van der Waals surface area contributed by atoms with Crippen molar-refractivity contribution in [3.05, 3.63) is 102 Å². The van der Waals surface area contributed by atoms with E-state index < -0.39 is 5.43 Å². The van der Waals surface area contributed by atoms with Gasteiger partial charge in [-0.15, -0.1) is 24.8 Å². The monoisotopic (exact) mass is 594 g/mol. The van der Waals surface area contributed by atoms with Crippen LogP contribution in [0.25, 0.3) is 0 Å². The highest BCUT2D eigenvalue weighted by atomic mass is 35.5. The summed E-state index contributed by atoms with van der Waals surface area (Å²) in [7, 11) is 0. The number of ether oxygens (including phenoxy) is 1. The zero-order chi connectivity index (χ0) is 27.6. The van der Waals surface area contributed by atoms with E-state index in [2.05, 4.69) is 25.0 Å². The number of aromatic nitrogens is 3. The van der Waals surface area contributed by atoms with E-state index in [0.717, 1.165) is 34.1 Å². The molecule has 0 fully saturated rings. The third kappa shape index (κ3) is 19.8. The van der Waals surface area contributed by atoms with Crippen LogP contribution < -0.4 is 21.5 Å². The van der Waals surface area contributed by atoms with Crippen molar-refractivity contribution in [1.82, 2.24) is 15.0 Å². The first kappa shape index (κ1) is 37.2. The molecule has 12 heteroatoms. The standard InChI is InChI=1S/C8H10N2O.C7H5ClO2.2C6H8N2.2ClH/c1-6-3-4-8(5-9-6)10-7(2)11;8-7(9)10-6-4-2-1-3-5-6;2*1-5-2-3-6(7)4-8-5;;/h3-5H,1-2H3,(H,10,11);1-5H;2*2-4H,7H2,1H3;2*1H. The second kappa shape index (κ2) is 21.1. The van der Waals surface area contributed by atoms with Crippen molar-refractivity contribution in [2.75, 3.05) is 16.8 Å². The summed E-state index contributed by atoms with van der Waals surface area (Å²) < 4.78 is 4.54. The Balaban J connectivity index is 0. The fourth-order valence-corrected chi connectivity index (χ4v) is 2.37. The van der Waals surface area contributed by atoms with E-state index in [1.165, 1.54) is 6.92 Å². The van der Waals surface area contributed by atoms with Gasteiger partial charge in [0.1, 0.15) is 5.75 Å². The second-order valence-corrected chi connectivity index (χ2v) is 7.80. The van der Waals surface area contributed by atoms with Gasteiger partial charge in [0, 0.05) is 35.6 Å². The highest BCUT2D eigenvalue weighted by Gasteiger charge is 1.96. The van der Waals surface area contributed by atoms with Gasteiger partial charge in [0.15, 0.2) is 0 Å². The van der Waals surface area contributed by atoms with Crippen molar-refractivity contribution in [2.24, 2.45) is 0 Å². The molecule has 39 heavy (non-hydrogen) atoms. The summed E-state index contributed by atoms with van der Waals surface area (Å²) in [4.78, 5) is 32.6. The Morgan fingerprint density at radius 2 is 1.15 bits per heavy atom. The van der Waals surface area contributed by atoms with Crippen LogP contribution in [0.2, 0.25) is 0 Å². The Hall–Kier alpha value is -3.92. The number of aryl methyl sites for hydroxylation is 3. The molecule has 1 aromatic carbocycles. The molecule has 0 saturated heterocycles. The van der Waals surface area contributed by atoms with Crippen molar-refractivity contribution < 1.29 is 14.3 Å². The van der Waals surface area contributed by atoms with E-state index in [4.69, 9.17) is 23.1 Å². The minimum atomic E-state index is -0.814. The van der Waals surface area contributed by atoms with Gasteiger partial charge in [-0.2, -0.15) is 0 Å². The van der Waals surface area contributed by atoms with E-state index in [-0.39, 0.29) is 30.7 Å². The lowest BCUT2D eigenvalue weighted by molar-refractivity contribution is -0.114. The molecule has 0 aliphatic rings. The largest absolute Gasteiger partial charge is 0.415 e. The molecule has 210 valence electrons. The van der Waals surface area contributed by atoms with Gasteiger partial charge in [0.05, 0.1) is 35.7 Å². The van der Waals surface area contributed by atoms with E-state index in [1.54, 1.807) is 42.9 Å². The van der Waals surface area contributed by atoms with Crippen molar-refractivity contribution >= 4 is 64.8 Å². The van der Waals surface area contributed by atoms with Crippen molar-refractivity contribution in [2.45, 2.75) is 27.7 Å². The summed E-state index contributed by atoms with van der Waals surface area (Å²) in [6.07, 6.45) is 4.93. The molecule has 3 aromatic heterocycles. The molecule has 0 aliphatic heterocycles. The van der Waals surface area contributed by atoms with E-state index in [9.17, 15) is 9.59 Å². The number of nitrogens with one attached hydrogen (secondary N) is 1. The van der Waals surface area contributed by atoms with Crippen LogP contribution in [0.5, 0.6) is 5.75 Å². The quantitative estimate of drug-likeness (QED) is 0.221. The molecular weight excluding hydrogens is 563 g/mol. The number of hydrogen-bond acceptors (Lipinski definition) is 8. The van der Waals surface area contributed by atoms with Crippen LogP contribution >= 0.6 is 36.4 Å². The Bertz CT molecular complexity index is 1130. The molecule has 1 amide bonds. The average Bonchev–Trinajstić information content (AvgIpc) is 2.85. The Kier molecular flexibility index (Phi) is 20.1. The van der Waals surface area contributed by atoms with Gasteiger partial charge in [-0.1, -0.05) is 18.2 Å². The lowest BCUT2D eigenvalue weighted by Crippen LogP contribution is -2.05. The fraction of sp³-hybridized carbons (Fsp3) is 0.148. The number of nitrogens with two attached hydrogens (primary N) is 2.